The molecule has 2 amide bonds. The lowest BCUT2D eigenvalue weighted by Crippen LogP contribution is -2.21. The molecule has 1 aliphatic heterocycles. The van der Waals surface area contributed by atoms with E-state index in [1.165, 1.54) is 12.8 Å². The minimum atomic E-state index is -0.272. The third kappa shape index (κ3) is 4.86. The van der Waals surface area contributed by atoms with Crippen LogP contribution in [0.4, 0.5) is 33.6 Å². The molecule has 0 unspecified atom stereocenters. The largest absolute Gasteiger partial charge is 0.341 e. The van der Waals surface area contributed by atoms with E-state index in [0.29, 0.717) is 5.69 Å². The van der Waals surface area contributed by atoms with Crippen LogP contribution in [-0.4, -0.2) is 29.1 Å². The lowest BCUT2D eigenvalue weighted by atomic mass is 10.2. The van der Waals surface area contributed by atoms with E-state index in [9.17, 15) is 4.79 Å². The maximum Gasteiger partial charge on any atom is 0.323 e. The number of rotatable bonds is 5. The minimum absolute atomic E-state index is 0.272. The number of hydrogen-bond acceptors (Lipinski definition) is 5. The number of para-hydroxylation sites is 1. The number of carbonyl (C=O) groups excluding carboxylic acids is 1. The van der Waals surface area contributed by atoms with E-state index >= 15 is 0 Å². The molecular weight excluding hydrogens is 376 g/mol. The van der Waals surface area contributed by atoms with Gasteiger partial charge in [-0.1, -0.05) is 18.2 Å². The second-order valence-electron chi connectivity index (χ2n) is 7.49. The smallest absolute Gasteiger partial charge is 0.323 e. The molecule has 0 atom stereocenters. The van der Waals surface area contributed by atoms with Gasteiger partial charge in [0.15, 0.2) is 0 Å². The number of nitrogens with zero attached hydrogens (tertiary/aromatic N) is 3. The zero-order valence-corrected chi connectivity index (χ0v) is 17.3. The molecule has 0 radical (unpaired) electrons. The first-order valence-electron chi connectivity index (χ1n) is 10.2. The normalized spacial score (nSPS) is 13.2. The number of hydrogen-bond donors (Lipinski definition) is 3. The highest BCUT2D eigenvalue weighted by Gasteiger charge is 2.16. The number of carbonyl (C=O) groups is 1. The van der Waals surface area contributed by atoms with Crippen molar-refractivity contribution in [1.82, 2.24) is 9.97 Å². The SMILES string of the molecule is Cc1cc(Nc2ccc(NC(=O)Nc3ccccc3C)cc2)nc(N2CCCC2)n1. The summed E-state index contributed by atoms with van der Waals surface area (Å²) in [4.78, 5) is 23.7. The van der Waals surface area contributed by atoms with Crippen molar-refractivity contribution in [3.63, 3.8) is 0 Å². The van der Waals surface area contributed by atoms with Crippen LogP contribution in [0.25, 0.3) is 0 Å². The number of urea groups is 1. The van der Waals surface area contributed by atoms with Crippen LogP contribution in [0.3, 0.4) is 0 Å². The molecule has 0 spiro atoms. The van der Waals surface area contributed by atoms with Crippen molar-refractivity contribution in [1.29, 1.82) is 0 Å². The van der Waals surface area contributed by atoms with Gasteiger partial charge in [0.2, 0.25) is 5.95 Å². The number of aromatic nitrogens is 2. The number of benzene rings is 2. The van der Waals surface area contributed by atoms with Crippen LogP contribution in [0.5, 0.6) is 0 Å². The van der Waals surface area contributed by atoms with Crippen LogP contribution >= 0.6 is 0 Å². The molecule has 1 aromatic heterocycles. The van der Waals surface area contributed by atoms with Crippen molar-refractivity contribution in [2.45, 2.75) is 26.7 Å². The van der Waals surface area contributed by atoms with Gasteiger partial charge in [-0.25, -0.2) is 9.78 Å². The number of aryl methyl sites for hydroxylation is 2. The zero-order chi connectivity index (χ0) is 20.9. The summed E-state index contributed by atoms with van der Waals surface area (Å²) in [6.07, 6.45) is 2.37. The molecule has 30 heavy (non-hydrogen) atoms. The van der Waals surface area contributed by atoms with Crippen LogP contribution in [0, 0.1) is 13.8 Å². The maximum absolute atomic E-state index is 12.3. The van der Waals surface area contributed by atoms with Gasteiger partial charge in [0.05, 0.1) is 0 Å². The van der Waals surface area contributed by atoms with Crippen molar-refractivity contribution < 1.29 is 4.79 Å². The summed E-state index contributed by atoms with van der Waals surface area (Å²) in [7, 11) is 0. The quantitative estimate of drug-likeness (QED) is 0.554. The van der Waals surface area contributed by atoms with Crippen molar-refractivity contribution in [3.8, 4) is 0 Å². The van der Waals surface area contributed by atoms with Crippen molar-refractivity contribution in [2.24, 2.45) is 0 Å². The zero-order valence-electron chi connectivity index (χ0n) is 17.3. The first-order chi connectivity index (χ1) is 14.6. The lowest BCUT2D eigenvalue weighted by molar-refractivity contribution is 0.262. The summed E-state index contributed by atoms with van der Waals surface area (Å²) in [5, 5.41) is 9.05. The molecule has 1 fully saturated rings. The molecule has 4 rings (SSSR count). The average Bonchev–Trinajstić information content (AvgIpc) is 3.26. The van der Waals surface area contributed by atoms with Gasteiger partial charge >= 0.3 is 6.03 Å². The Labute approximate surface area is 176 Å². The van der Waals surface area contributed by atoms with E-state index in [2.05, 4.69) is 30.8 Å². The Hall–Kier alpha value is -3.61. The van der Waals surface area contributed by atoms with E-state index < -0.39 is 0 Å². The molecule has 2 aromatic carbocycles. The molecule has 2 heterocycles. The van der Waals surface area contributed by atoms with E-state index in [-0.39, 0.29) is 6.03 Å². The van der Waals surface area contributed by atoms with Gasteiger partial charge < -0.3 is 20.9 Å². The topological polar surface area (TPSA) is 82.2 Å². The highest BCUT2D eigenvalue weighted by molar-refractivity contribution is 6.00. The van der Waals surface area contributed by atoms with Crippen LogP contribution in [0.1, 0.15) is 24.1 Å². The molecule has 154 valence electrons. The van der Waals surface area contributed by atoms with Crippen molar-refractivity contribution in [2.75, 3.05) is 33.9 Å². The Balaban J connectivity index is 1.39. The maximum atomic E-state index is 12.3. The van der Waals surface area contributed by atoms with Gasteiger partial charge in [-0.15, -0.1) is 0 Å². The predicted molar refractivity (Wildman–Crippen MR) is 122 cm³/mol. The number of nitrogens with one attached hydrogen (secondary N) is 3. The fourth-order valence-electron chi connectivity index (χ4n) is 3.46. The monoisotopic (exact) mass is 402 g/mol. The van der Waals surface area contributed by atoms with Crippen LogP contribution < -0.4 is 20.9 Å². The third-order valence-corrected chi connectivity index (χ3v) is 5.04. The highest BCUT2D eigenvalue weighted by Crippen LogP contribution is 2.22. The summed E-state index contributed by atoms with van der Waals surface area (Å²) in [6, 6.07) is 16.9. The molecule has 0 saturated carbocycles. The second kappa shape index (κ2) is 8.82. The molecule has 0 bridgehead atoms. The first kappa shape index (κ1) is 19.7. The molecule has 0 aliphatic carbocycles. The second-order valence-corrected chi connectivity index (χ2v) is 7.49. The van der Waals surface area contributed by atoms with E-state index in [0.717, 1.165) is 47.5 Å². The van der Waals surface area contributed by atoms with Crippen LogP contribution in [0.2, 0.25) is 0 Å². The Bertz CT molecular complexity index is 1030. The van der Waals surface area contributed by atoms with Gasteiger partial charge in [0.1, 0.15) is 5.82 Å². The summed E-state index contributed by atoms with van der Waals surface area (Å²) >= 11 is 0. The Kier molecular flexibility index (Phi) is 5.79. The summed E-state index contributed by atoms with van der Waals surface area (Å²) in [5.74, 6) is 1.54. The summed E-state index contributed by atoms with van der Waals surface area (Å²) in [5.41, 5.74) is 4.34. The average molecular weight is 403 g/mol. The fraction of sp³-hybridized carbons (Fsp3) is 0.261. The molecule has 1 aliphatic rings. The summed E-state index contributed by atoms with van der Waals surface area (Å²) < 4.78 is 0. The van der Waals surface area contributed by atoms with Crippen molar-refractivity contribution >= 4 is 34.9 Å². The number of amides is 2. The summed E-state index contributed by atoms with van der Waals surface area (Å²) in [6.45, 7) is 5.95. The van der Waals surface area contributed by atoms with Gasteiger partial charge in [-0.2, -0.15) is 4.98 Å². The molecule has 7 nitrogen and oxygen atoms in total. The van der Waals surface area contributed by atoms with Gasteiger partial charge in [0, 0.05) is 41.9 Å². The highest BCUT2D eigenvalue weighted by atomic mass is 16.2. The van der Waals surface area contributed by atoms with Crippen LogP contribution in [0.15, 0.2) is 54.6 Å². The lowest BCUT2D eigenvalue weighted by Gasteiger charge is -2.17. The Morgan fingerprint density at radius 2 is 1.60 bits per heavy atom. The van der Waals surface area contributed by atoms with E-state index in [1.807, 2.05) is 68.4 Å². The van der Waals surface area contributed by atoms with Gasteiger partial charge in [-0.3, -0.25) is 0 Å². The van der Waals surface area contributed by atoms with Crippen LogP contribution in [-0.2, 0) is 0 Å². The first-order valence-corrected chi connectivity index (χ1v) is 10.2. The molecule has 3 N–H and O–H groups in total. The van der Waals surface area contributed by atoms with Gasteiger partial charge in [-0.05, 0) is 62.6 Å². The third-order valence-electron chi connectivity index (χ3n) is 5.04. The van der Waals surface area contributed by atoms with E-state index in [1.54, 1.807) is 0 Å². The molecule has 3 aromatic rings. The molecular formula is C23H26N6O. The Morgan fingerprint density at radius 1 is 0.900 bits per heavy atom. The molecule has 1 saturated heterocycles. The van der Waals surface area contributed by atoms with Crippen molar-refractivity contribution in [3.05, 3.63) is 65.9 Å². The molecule has 7 heteroatoms. The predicted octanol–water partition coefficient (Wildman–Crippen LogP) is 5.08. The van der Waals surface area contributed by atoms with E-state index in [4.69, 9.17) is 0 Å². The Morgan fingerprint density at radius 3 is 2.33 bits per heavy atom. The fourth-order valence-corrected chi connectivity index (χ4v) is 3.46. The van der Waals surface area contributed by atoms with Gasteiger partial charge in [0.25, 0.3) is 0 Å². The minimum Gasteiger partial charge on any atom is -0.341 e. The number of anilines is 5. The standard InChI is InChI=1S/C23H26N6O/c1-16-7-3-4-8-20(16)27-23(30)26-19-11-9-18(10-12-19)25-21-15-17(2)24-22(28-21)29-13-5-6-14-29/h3-4,7-12,15H,5-6,13-14H2,1-2H3,(H,24,25,28)(H2,26,27,30).